The van der Waals surface area contributed by atoms with Gasteiger partial charge in [0.25, 0.3) is 5.91 Å². The van der Waals surface area contributed by atoms with Crippen molar-refractivity contribution in [3.05, 3.63) is 58.6 Å². The minimum atomic E-state index is -3.14. The summed E-state index contributed by atoms with van der Waals surface area (Å²) in [6, 6.07) is 12.8. The molecule has 6 nitrogen and oxygen atoms in total. The molecular formula is C23H29ClN2O4S. The molecule has 168 valence electrons. The molecule has 0 bridgehead atoms. The van der Waals surface area contributed by atoms with Crippen LogP contribution in [-0.4, -0.2) is 57.0 Å². The number of halogens is 1. The fourth-order valence-corrected chi connectivity index (χ4v) is 5.53. The van der Waals surface area contributed by atoms with Gasteiger partial charge in [-0.05, 0) is 61.7 Å². The third-order valence-electron chi connectivity index (χ3n) is 5.53. The molecule has 1 fully saturated rings. The van der Waals surface area contributed by atoms with E-state index in [1.807, 2.05) is 50.2 Å². The summed E-state index contributed by atoms with van der Waals surface area (Å²) in [6.45, 7) is 3.90. The largest absolute Gasteiger partial charge is 0.481 e. The highest BCUT2D eigenvalue weighted by Crippen LogP contribution is 2.25. The van der Waals surface area contributed by atoms with Gasteiger partial charge in [0.1, 0.15) is 5.75 Å². The van der Waals surface area contributed by atoms with E-state index in [9.17, 15) is 13.2 Å². The summed E-state index contributed by atoms with van der Waals surface area (Å²) in [7, 11) is 0.793. The van der Waals surface area contributed by atoms with E-state index < -0.39 is 15.9 Å². The zero-order valence-corrected chi connectivity index (χ0v) is 19.9. The molecule has 3 rings (SSSR count). The Morgan fingerprint density at radius 2 is 1.87 bits per heavy atom. The van der Waals surface area contributed by atoms with E-state index >= 15 is 0 Å². The van der Waals surface area contributed by atoms with Crippen LogP contribution < -0.4 is 9.64 Å². The molecule has 1 amide bonds. The number of hydrogen-bond donors (Lipinski definition) is 0. The van der Waals surface area contributed by atoms with Crippen LogP contribution in [0.15, 0.2) is 42.5 Å². The smallest absolute Gasteiger partial charge is 0.263 e. The van der Waals surface area contributed by atoms with Crippen LogP contribution in [-0.2, 0) is 21.2 Å². The molecular weight excluding hydrogens is 436 g/mol. The number of aryl methyl sites for hydroxylation is 1. The van der Waals surface area contributed by atoms with E-state index in [0.29, 0.717) is 23.7 Å². The van der Waals surface area contributed by atoms with Crippen molar-refractivity contribution in [3.8, 4) is 5.75 Å². The summed E-state index contributed by atoms with van der Waals surface area (Å²) in [4.78, 5) is 17.0. The molecule has 0 aliphatic carbocycles. The molecule has 1 saturated heterocycles. The average Bonchev–Trinajstić information content (AvgIpc) is 3.08. The van der Waals surface area contributed by atoms with Crippen LogP contribution in [0.4, 0.5) is 5.69 Å². The van der Waals surface area contributed by atoms with E-state index in [0.717, 1.165) is 16.8 Å². The second-order valence-electron chi connectivity index (χ2n) is 8.25. The standard InChI is InChI=1S/C23H29ClN2O4S/c1-16-13-21(9-10-22(16)24)30-17(2)23(27)26(20-11-12-31(28,29)15-20)14-18-5-7-19(8-6-18)25(3)4/h5-10,13,17,20H,11-12,14-15H2,1-4H3. The predicted molar refractivity (Wildman–Crippen MR) is 125 cm³/mol. The van der Waals surface area contributed by atoms with Crippen molar-refractivity contribution in [3.63, 3.8) is 0 Å². The van der Waals surface area contributed by atoms with Gasteiger partial charge in [-0.25, -0.2) is 8.42 Å². The average molecular weight is 465 g/mol. The molecule has 0 N–H and O–H groups in total. The predicted octanol–water partition coefficient (Wildman–Crippen LogP) is 3.70. The van der Waals surface area contributed by atoms with Crippen molar-refractivity contribution in [2.75, 3.05) is 30.5 Å². The normalized spacial score (nSPS) is 18.4. The summed E-state index contributed by atoms with van der Waals surface area (Å²) < 4.78 is 30.1. The number of rotatable bonds is 7. The highest BCUT2D eigenvalue weighted by atomic mass is 35.5. The summed E-state index contributed by atoms with van der Waals surface area (Å²) in [5.74, 6) is 0.414. The molecule has 1 aliphatic heterocycles. The highest BCUT2D eigenvalue weighted by molar-refractivity contribution is 7.91. The first-order valence-corrected chi connectivity index (χ1v) is 12.5. The first kappa shape index (κ1) is 23.4. The van der Waals surface area contributed by atoms with Crippen LogP contribution in [0.5, 0.6) is 5.75 Å². The molecule has 0 radical (unpaired) electrons. The van der Waals surface area contributed by atoms with Crippen LogP contribution >= 0.6 is 11.6 Å². The Morgan fingerprint density at radius 1 is 1.19 bits per heavy atom. The monoisotopic (exact) mass is 464 g/mol. The summed E-state index contributed by atoms with van der Waals surface area (Å²) >= 11 is 6.07. The van der Waals surface area contributed by atoms with Gasteiger partial charge >= 0.3 is 0 Å². The van der Waals surface area contributed by atoms with Crippen molar-refractivity contribution in [1.82, 2.24) is 4.90 Å². The Kier molecular flexibility index (Phi) is 7.17. The van der Waals surface area contributed by atoms with Gasteiger partial charge in [0.2, 0.25) is 0 Å². The maximum Gasteiger partial charge on any atom is 0.263 e. The minimum Gasteiger partial charge on any atom is -0.481 e. The minimum absolute atomic E-state index is 0.0126. The molecule has 1 aliphatic rings. The summed E-state index contributed by atoms with van der Waals surface area (Å²) in [6.07, 6.45) is -0.318. The molecule has 2 aromatic rings. The van der Waals surface area contributed by atoms with Crippen molar-refractivity contribution < 1.29 is 17.9 Å². The molecule has 31 heavy (non-hydrogen) atoms. The zero-order chi connectivity index (χ0) is 22.8. The lowest BCUT2D eigenvalue weighted by Crippen LogP contribution is -2.46. The van der Waals surface area contributed by atoms with E-state index in [1.54, 1.807) is 30.0 Å². The van der Waals surface area contributed by atoms with Crippen LogP contribution in [0.1, 0.15) is 24.5 Å². The van der Waals surface area contributed by atoms with Gasteiger partial charge in [-0.2, -0.15) is 0 Å². The van der Waals surface area contributed by atoms with E-state index in [2.05, 4.69) is 0 Å². The van der Waals surface area contributed by atoms with E-state index in [-0.39, 0.29) is 23.5 Å². The summed E-state index contributed by atoms with van der Waals surface area (Å²) in [5.41, 5.74) is 2.86. The molecule has 2 unspecified atom stereocenters. The maximum atomic E-state index is 13.3. The molecule has 0 aromatic heterocycles. The van der Waals surface area contributed by atoms with Gasteiger partial charge in [0.05, 0.1) is 11.5 Å². The van der Waals surface area contributed by atoms with Gasteiger partial charge < -0.3 is 14.5 Å². The number of carbonyl (C=O) groups is 1. The van der Waals surface area contributed by atoms with Crippen molar-refractivity contribution in [1.29, 1.82) is 0 Å². The van der Waals surface area contributed by atoms with Crippen molar-refractivity contribution in [2.24, 2.45) is 0 Å². The molecule has 0 spiro atoms. The lowest BCUT2D eigenvalue weighted by Gasteiger charge is -2.31. The lowest BCUT2D eigenvalue weighted by molar-refractivity contribution is -0.140. The van der Waals surface area contributed by atoms with Crippen molar-refractivity contribution >= 4 is 33.0 Å². The molecule has 8 heteroatoms. The molecule has 1 heterocycles. The van der Waals surface area contributed by atoms with E-state index in [4.69, 9.17) is 16.3 Å². The van der Waals surface area contributed by atoms with E-state index in [1.165, 1.54) is 0 Å². The van der Waals surface area contributed by atoms with Crippen LogP contribution in [0.2, 0.25) is 5.02 Å². The van der Waals surface area contributed by atoms with Gasteiger partial charge in [0, 0.05) is 37.4 Å². The third-order valence-corrected chi connectivity index (χ3v) is 7.70. The number of sulfone groups is 1. The fraction of sp³-hybridized carbons (Fsp3) is 0.435. The first-order valence-electron chi connectivity index (χ1n) is 10.3. The number of ether oxygens (including phenoxy) is 1. The topological polar surface area (TPSA) is 66.9 Å². The Morgan fingerprint density at radius 3 is 2.42 bits per heavy atom. The zero-order valence-electron chi connectivity index (χ0n) is 18.3. The van der Waals surface area contributed by atoms with Crippen LogP contribution in [0, 0.1) is 6.92 Å². The lowest BCUT2D eigenvalue weighted by atomic mass is 10.1. The fourth-order valence-electron chi connectivity index (χ4n) is 3.68. The maximum absolute atomic E-state index is 13.3. The quantitative estimate of drug-likeness (QED) is 0.625. The van der Waals surface area contributed by atoms with Crippen LogP contribution in [0.25, 0.3) is 0 Å². The second kappa shape index (κ2) is 9.49. The Labute approximate surface area is 189 Å². The Hall–Kier alpha value is -2.25. The molecule has 0 saturated carbocycles. The SMILES string of the molecule is Cc1cc(OC(C)C(=O)N(Cc2ccc(N(C)C)cc2)C2CCS(=O)(=O)C2)ccc1Cl. The van der Waals surface area contributed by atoms with Gasteiger partial charge in [-0.1, -0.05) is 23.7 Å². The van der Waals surface area contributed by atoms with Gasteiger partial charge in [0.15, 0.2) is 15.9 Å². The summed E-state index contributed by atoms with van der Waals surface area (Å²) in [5, 5.41) is 0.630. The Bertz CT molecular complexity index is 1040. The second-order valence-corrected chi connectivity index (χ2v) is 10.9. The first-order chi connectivity index (χ1) is 14.6. The number of hydrogen-bond acceptors (Lipinski definition) is 5. The van der Waals surface area contributed by atoms with Crippen LogP contribution in [0.3, 0.4) is 0 Å². The number of carbonyl (C=O) groups excluding carboxylic acids is 1. The molecule has 2 aromatic carbocycles. The Balaban J connectivity index is 1.80. The number of benzene rings is 2. The van der Waals surface area contributed by atoms with Gasteiger partial charge in [-0.3, -0.25) is 4.79 Å². The molecule has 2 atom stereocenters. The number of anilines is 1. The van der Waals surface area contributed by atoms with Gasteiger partial charge in [-0.15, -0.1) is 0 Å². The number of amides is 1. The highest BCUT2D eigenvalue weighted by Gasteiger charge is 2.36. The third kappa shape index (κ3) is 5.92. The number of nitrogens with zero attached hydrogens (tertiary/aromatic N) is 2. The van der Waals surface area contributed by atoms with Crippen molar-refractivity contribution in [2.45, 2.75) is 39.0 Å².